The number of benzene rings is 1. The van der Waals surface area contributed by atoms with Crippen LogP contribution in [0.15, 0.2) is 48.7 Å². The van der Waals surface area contributed by atoms with E-state index in [2.05, 4.69) is 62.2 Å². The molecule has 0 saturated heterocycles. The Labute approximate surface area is 116 Å². The van der Waals surface area contributed by atoms with E-state index in [-0.39, 0.29) is 0 Å². The van der Waals surface area contributed by atoms with Gasteiger partial charge in [0, 0.05) is 11.8 Å². The molecule has 0 aliphatic heterocycles. The average Bonchev–Trinajstić information content (AvgIpc) is 2.45. The first kappa shape index (κ1) is 13.5. The van der Waals surface area contributed by atoms with E-state index >= 15 is 0 Å². The third kappa shape index (κ3) is 3.11. The van der Waals surface area contributed by atoms with E-state index in [0.717, 1.165) is 18.5 Å². The predicted octanol–water partition coefficient (Wildman–Crippen LogP) is 5.26. The van der Waals surface area contributed by atoms with Gasteiger partial charge in [-0.25, -0.2) is 0 Å². The summed E-state index contributed by atoms with van der Waals surface area (Å²) < 4.78 is 0. The van der Waals surface area contributed by atoms with Gasteiger partial charge < -0.3 is 0 Å². The summed E-state index contributed by atoms with van der Waals surface area (Å²) in [5.41, 5.74) is 6.19. The molecule has 2 rings (SSSR count). The Morgan fingerprint density at radius 2 is 1.89 bits per heavy atom. The molecule has 0 unspecified atom stereocenters. The largest absolute Gasteiger partial charge is 0.256 e. The van der Waals surface area contributed by atoms with Crippen molar-refractivity contribution in [2.75, 3.05) is 0 Å². The number of aromatic nitrogens is 1. The molecule has 0 atom stereocenters. The van der Waals surface area contributed by atoms with E-state index in [1.165, 1.54) is 22.3 Å². The second-order valence-electron chi connectivity index (χ2n) is 4.74. The molecule has 19 heavy (non-hydrogen) atoms. The lowest BCUT2D eigenvalue weighted by atomic mass is 10.00. The Morgan fingerprint density at radius 1 is 1.16 bits per heavy atom. The maximum absolute atomic E-state index is 4.64. The summed E-state index contributed by atoms with van der Waals surface area (Å²) in [6.45, 7) is 6.51. The van der Waals surface area contributed by atoms with Crippen LogP contribution >= 0.6 is 0 Å². The SMILES string of the molecule is CC/C=C(\CC)c1cc(C)c(-c2ccccc2)cn1. The van der Waals surface area contributed by atoms with Crippen molar-refractivity contribution < 1.29 is 0 Å². The van der Waals surface area contributed by atoms with Gasteiger partial charge in [0.05, 0.1) is 5.69 Å². The third-order valence-electron chi connectivity index (χ3n) is 3.36. The fourth-order valence-electron chi connectivity index (χ4n) is 2.33. The van der Waals surface area contributed by atoms with Crippen molar-refractivity contribution in [2.24, 2.45) is 0 Å². The topological polar surface area (TPSA) is 12.9 Å². The van der Waals surface area contributed by atoms with Gasteiger partial charge in [0.15, 0.2) is 0 Å². The molecule has 0 spiro atoms. The molecule has 0 amide bonds. The molecule has 0 radical (unpaired) electrons. The molecule has 0 saturated carbocycles. The predicted molar refractivity (Wildman–Crippen MR) is 83.0 cm³/mol. The summed E-state index contributed by atoms with van der Waals surface area (Å²) in [5, 5.41) is 0. The second-order valence-corrected chi connectivity index (χ2v) is 4.74. The van der Waals surface area contributed by atoms with Crippen molar-refractivity contribution in [2.45, 2.75) is 33.6 Å². The van der Waals surface area contributed by atoms with Crippen molar-refractivity contribution in [1.82, 2.24) is 4.98 Å². The normalized spacial score (nSPS) is 11.6. The molecule has 0 N–H and O–H groups in total. The highest BCUT2D eigenvalue weighted by atomic mass is 14.7. The summed E-state index contributed by atoms with van der Waals surface area (Å²) in [6.07, 6.45) is 6.36. The molecule has 1 nitrogen and oxygen atoms in total. The van der Waals surface area contributed by atoms with Crippen molar-refractivity contribution >= 4 is 5.57 Å². The van der Waals surface area contributed by atoms with E-state index in [9.17, 15) is 0 Å². The van der Waals surface area contributed by atoms with Gasteiger partial charge in [0.1, 0.15) is 0 Å². The van der Waals surface area contributed by atoms with Gasteiger partial charge in [-0.05, 0) is 42.5 Å². The van der Waals surface area contributed by atoms with Crippen LogP contribution in [0.2, 0.25) is 0 Å². The van der Waals surface area contributed by atoms with E-state index < -0.39 is 0 Å². The molecule has 1 heterocycles. The Bertz CT molecular complexity index is 567. The minimum Gasteiger partial charge on any atom is -0.256 e. The molecule has 2 aromatic rings. The van der Waals surface area contributed by atoms with Crippen LogP contribution in [0.5, 0.6) is 0 Å². The van der Waals surface area contributed by atoms with Gasteiger partial charge in [-0.2, -0.15) is 0 Å². The Morgan fingerprint density at radius 3 is 2.47 bits per heavy atom. The number of allylic oxidation sites excluding steroid dienone is 2. The first-order valence-electron chi connectivity index (χ1n) is 6.97. The molecule has 1 heteroatoms. The molecule has 0 fully saturated rings. The maximum atomic E-state index is 4.64. The fraction of sp³-hybridized carbons (Fsp3) is 0.278. The highest BCUT2D eigenvalue weighted by Crippen LogP contribution is 2.25. The first-order valence-corrected chi connectivity index (χ1v) is 6.97. The number of rotatable bonds is 4. The van der Waals surface area contributed by atoms with Crippen LogP contribution in [0.25, 0.3) is 16.7 Å². The number of hydrogen-bond acceptors (Lipinski definition) is 1. The van der Waals surface area contributed by atoms with E-state index in [4.69, 9.17) is 0 Å². The van der Waals surface area contributed by atoms with Gasteiger partial charge in [0.25, 0.3) is 0 Å². The lowest BCUT2D eigenvalue weighted by Crippen LogP contribution is -1.93. The van der Waals surface area contributed by atoms with Crippen LogP contribution in [0, 0.1) is 6.92 Å². The highest BCUT2D eigenvalue weighted by molar-refractivity contribution is 5.70. The van der Waals surface area contributed by atoms with Crippen LogP contribution in [-0.2, 0) is 0 Å². The molecule has 0 aliphatic rings. The van der Waals surface area contributed by atoms with Crippen molar-refractivity contribution in [3.63, 3.8) is 0 Å². The van der Waals surface area contributed by atoms with Gasteiger partial charge in [0.2, 0.25) is 0 Å². The van der Waals surface area contributed by atoms with E-state index in [1.807, 2.05) is 12.3 Å². The highest BCUT2D eigenvalue weighted by Gasteiger charge is 2.06. The van der Waals surface area contributed by atoms with Crippen LogP contribution < -0.4 is 0 Å². The zero-order valence-corrected chi connectivity index (χ0v) is 12.0. The maximum Gasteiger partial charge on any atom is 0.0661 e. The van der Waals surface area contributed by atoms with E-state index in [0.29, 0.717) is 0 Å². The summed E-state index contributed by atoms with van der Waals surface area (Å²) in [5.74, 6) is 0. The molecule has 0 aliphatic carbocycles. The van der Waals surface area contributed by atoms with Gasteiger partial charge in [-0.3, -0.25) is 4.98 Å². The van der Waals surface area contributed by atoms with Gasteiger partial charge in [-0.1, -0.05) is 50.3 Å². The minimum atomic E-state index is 1.03. The number of nitrogens with zero attached hydrogens (tertiary/aromatic N) is 1. The van der Waals surface area contributed by atoms with Crippen LogP contribution in [0.4, 0.5) is 0 Å². The molecule has 98 valence electrons. The number of pyridine rings is 1. The molecule has 1 aromatic carbocycles. The van der Waals surface area contributed by atoms with Crippen LogP contribution in [0.3, 0.4) is 0 Å². The molecule has 1 aromatic heterocycles. The number of hydrogen-bond donors (Lipinski definition) is 0. The third-order valence-corrected chi connectivity index (χ3v) is 3.36. The smallest absolute Gasteiger partial charge is 0.0661 e. The Kier molecular flexibility index (Phi) is 4.51. The monoisotopic (exact) mass is 251 g/mol. The summed E-state index contributed by atoms with van der Waals surface area (Å²) in [6, 6.07) is 12.6. The van der Waals surface area contributed by atoms with Crippen LogP contribution in [-0.4, -0.2) is 4.98 Å². The summed E-state index contributed by atoms with van der Waals surface area (Å²) in [4.78, 5) is 4.64. The fourth-order valence-corrected chi connectivity index (χ4v) is 2.33. The first-order chi connectivity index (χ1) is 9.26. The average molecular weight is 251 g/mol. The van der Waals surface area contributed by atoms with Crippen LogP contribution in [0.1, 0.15) is 37.9 Å². The van der Waals surface area contributed by atoms with Gasteiger partial charge >= 0.3 is 0 Å². The Balaban J connectivity index is 2.40. The zero-order valence-electron chi connectivity index (χ0n) is 12.0. The molecular formula is C18H21N. The van der Waals surface area contributed by atoms with Crippen molar-refractivity contribution in [1.29, 1.82) is 0 Å². The molecule has 0 bridgehead atoms. The lowest BCUT2D eigenvalue weighted by molar-refractivity contribution is 1.13. The second kappa shape index (κ2) is 6.33. The number of aryl methyl sites for hydroxylation is 1. The molecular weight excluding hydrogens is 230 g/mol. The van der Waals surface area contributed by atoms with E-state index in [1.54, 1.807) is 0 Å². The lowest BCUT2D eigenvalue weighted by Gasteiger charge is -2.09. The minimum absolute atomic E-state index is 1.03. The quantitative estimate of drug-likeness (QED) is 0.722. The summed E-state index contributed by atoms with van der Waals surface area (Å²) >= 11 is 0. The summed E-state index contributed by atoms with van der Waals surface area (Å²) in [7, 11) is 0. The van der Waals surface area contributed by atoms with Crippen molar-refractivity contribution in [3.8, 4) is 11.1 Å². The zero-order chi connectivity index (χ0) is 13.7. The van der Waals surface area contributed by atoms with Gasteiger partial charge in [-0.15, -0.1) is 0 Å². The van der Waals surface area contributed by atoms with Crippen molar-refractivity contribution in [3.05, 3.63) is 59.9 Å². The standard InChI is InChI=1S/C18H21N/c1-4-9-15(5-2)18-12-14(3)17(13-19-18)16-10-7-6-8-11-16/h6-13H,4-5H2,1-3H3/b15-9+. The Hall–Kier alpha value is -1.89.